The van der Waals surface area contributed by atoms with E-state index in [0.717, 1.165) is 12.1 Å². The molecule has 0 spiro atoms. The Morgan fingerprint density at radius 1 is 1.52 bits per heavy atom. The highest BCUT2D eigenvalue weighted by Gasteiger charge is 2.18. The summed E-state index contributed by atoms with van der Waals surface area (Å²) in [6, 6.07) is 0. The van der Waals surface area contributed by atoms with Gasteiger partial charge in [0.2, 0.25) is 0 Å². The molecule has 0 saturated heterocycles. The van der Waals surface area contributed by atoms with E-state index in [0.29, 0.717) is 23.1 Å². The summed E-state index contributed by atoms with van der Waals surface area (Å²) in [4.78, 5) is 4.58. The lowest BCUT2D eigenvalue weighted by Gasteiger charge is -2.04. The van der Waals surface area contributed by atoms with Crippen molar-refractivity contribution in [3.05, 3.63) is 43.3 Å². The molecule has 0 aliphatic carbocycles. The summed E-state index contributed by atoms with van der Waals surface area (Å²) in [5.41, 5.74) is 7.76. The maximum Gasteiger partial charge on any atom is 0.199 e. The lowest BCUT2D eigenvalue weighted by atomic mass is 10.1. The first kappa shape index (κ1) is 14.8. The molecule has 0 aromatic carbocycles. The smallest absolute Gasteiger partial charge is 0.199 e. The first-order chi connectivity index (χ1) is 10.1. The number of nitrogen functional groups attached to an aromatic ring is 1. The summed E-state index contributed by atoms with van der Waals surface area (Å²) in [6.07, 6.45) is 8.53. The fourth-order valence-corrected chi connectivity index (χ4v) is 2.09. The third-order valence-corrected chi connectivity index (χ3v) is 3.08. The maximum absolute atomic E-state index is 5.75. The monoisotopic (exact) mass is 285 g/mol. The Kier molecular flexibility index (Phi) is 4.37. The van der Waals surface area contributed by atoms with Crippen molar-refractivity contribution in [1.82, 2.24) is 19.9 Å². The molecule has 0 aliphatic rings. The van der Waals surface area contributed by atoms with E-state index in [2.05, 4.69) is 46.1 Å². The lowest BCUT2D eigenvalue weighted by Crippen LogP contribution is -1.98. The van der Waals surface area contributed by atoms with Gasteiger partial charge < -0.3 is 5.73 Å². The predicted molar refractivity (Wildman–Crippen MR) is 83.1 cm³/mol. The van der Waals surface area contributed by atoms with Gasteiger partial charge in [0.05, 0.1) is 5.69 Å². The van der Waals surface area contributed by atoms with E-state index >= 15 is 0 Å². The molecule has 0 amide bonds. The van der Waals surface area contributed by atoms with E-state index in [1.807, 2.05) is 19.2 Å². The average Bonchev–Trinajstić information content (AvgIpc) is 3.04. The van der Waals surface area contributed by atoms with Gasteiger partial charge in [0.1, 0.15) is 0 Å². The summed E-state index contributed by atoms with van der Waals surface area (Å²) in [5.74, 6) is 1.14. The van der Waals surface area contributed by atoms with Crippen molar-refractivity contribution in [3.8, 4) is 11.5 Å². The highest BCUT2D eigenvalue weighted by molar-refractivity contribution is 5.69. The summed E-state index contributed by atoms with van der Waals surface area (Å²) >= 11 is 0. The Morgan fingerprint density at radius 3 is 2.86 bits per heavy atom. The third kappa shape index (κ3) is 3.10. The van der Waals surface area contributed by atoms with Crippen LogP contribution in [0, 0.1) is 5.92 Å². The van der Waals surface area contributed by atoms with Crippen molar-refractivity contribution >= 4 is 11.5 Å². The highest BCUT2D eigenvalue weighted by Crippen LogP contribution is 2.25. The van der Waals surface area contributed by atoms with Crippen molar-refractivity contribution in [1.29, 1.82) is 0 Å². The van der Waals surface area contributed by atoms with Crippen LogP contribution in [0.3, 0.4) is 0 Å². The van der Waals surface area contributed by atoms with Gasteiger partial charge in [-0.3, -0.25) is 4.57 Å². The van der Waals surface area contributed by atoms with Crippen molar-refractivity contribution in [3.63, 3.8) is 0 Å². The van der Waals surface area contributed by atoms with E-state index in [-0.39, 0.29) is 5.82 Å². The van der Waals surface area contributed by atoms with Crippen LogP contribution in [0.15, 0.2) is 42.2 Å². The number of hydrogen-bond acceptors (Lipinski definition) is 5. The maximum atomic E-state index is 5.75. The number of nitrogens with zero attached hydrogens (tertiary/aromatic N) is 4. The van der Waals surface area contributed by atoms with Crippen molar-refractivity contribution in [2.24, 2.45) is 5.92 Å². The minimum atomic E-state index is 0.201. The van der Waals surface area contributed by atoms with Crippen LogP contribution in [0.2, 0.25) is 0 Å². The van der Waals surface area contributed by atoms with Crippen LogP contribution in [0.4, 0.5) is 5.82 Å². The summed E-state index contributed by atoms with van der Waals surface area (Å²) < 4.78 is 6.44. The molecule has 0 saturated carbocycles. The Hall–Kier alpha value is -2.63. The Bertz CT molecular complexity index is 680. The van der Waals surface area contributed by atoms with E-state index in [1.165, 1.54) is 0 Å². The number of rotatable bonds is 6. The number of aromatic nitrogens is 4. The van der Waals surface area contributed by atoms with Gasteiger partial charge in [0.25, 0.3) is 0 Å². The molecule has 6 heteroatoms. The Morgan fingerprint density at radius 2 is 2.29 bits per heavy atom. The second-order valence-corrected chi connectivity index (χ2v) is 4.83. The molecule has 2 heterocycles. The van der Waals surface area contributed by atoms with Crippen LogP contribution in [-0.2, 0) is 6.42 Å². The van der Waals surface area contributed by atoms with Crippen LogP contribution in [-0.4, -0.2) is 19.9 Å². The van der Waals surface area contributed by atoms with E-state index in [4.69, 9.17) is 5.73 Å². The Labute approximate surface area is 123 Å². The summed E-state index contributed by atoms with van der Waals surface area (Å²) in [5, 5.41) is 7.40. The standard InChI is InChI=1S/C15H19N5O/c1-5-7-10(3)8-12-9-20(11(4)6-2)15(17-12)13-14(16)19-21-18-13/h5-7,9-10H,2,4,8H2,1,3H3,(H2,16,19)/b7-5-. The number of anilines is 1. The molecule has 2 aromatic rings. The van der Waals surface area contributed by atoms with E-state index in [1.54, 1.807) is 10.6 Å². The van der Waals surface area contributed by atoms with Gasteiger partial charge >= 0.3 is 0 Å². The number of hydrogen-bond donors (Lipinski definition) is 1. The van der Waals surface area contributed by atoms with E-state index in [9.17, 15) is 0 Å². The van der Waals surface area contributed by atoms with Crippen LogP contribution < -0.4 is 5.73 Å². The molecule has 1 atom stereocenters. The molecule has 2 N–H and O–H groups in total. The quantitative estimate of drug-likeness (QED) is 0.651. The molecule has 0 radical (unpaired) electrons. The van der Waals surface area contributed by atoms with Gasteiger partial charge in [-0.25, -0.2) is 9.61 Å². The van der Waals surface area contributed by atoms with Crippen molar-refractivity contribution < 1.29 is 4.63 Å². The van der Waals surface area contributed by atoms with Crippen LogP contribution in [0.5, 0.6) is 0 Å². The predicted octanol–water partition coefficient (Wildman–Crippen LogP) is 2.93. The van der Waals surface area contributed by atoms with Crippen molar-refractivity contribution in [2.75, 3.05) is 5.73 Å². The minimum absolute atomic E-state index is 0.201. The topological polar surface area (TPSA) is 82.8 Å². The average molecular weight is 285 g/mol. The zero-order chi connectivity index (χ0) is 15.4. The molecule has 0 bridgehead atoms. The summed E-state index contributed by atoms with van der Waals surface area (Å²) in [6.45, 7) is 11.8. The van der Waals surface area contributed by atoms with E-state index < -0.39 is 0 Å². The first-order valence-corrected chi connectivity index (χ1v) is 6.68. The second-order valence-electron chi connectivity index (χ2n) is 4.83. The molecule has 0 fully saturated rings. The van der Waals surface area contributed by atoms with Gasteiger partial charge in [0.15, 0.2) is 17.3 Å². The molecular formula is C15H19N5O. The molecular weight excluding hydrogens is 266 g/mol. The molecule has 2 aromatic heterocycles. The molecule has 0 aliphatic heterocycles. The normalized spacial score (nSPS) is 12.7. The van der Waals surface area contributed by atoms with Gasteiger partial charge in [-0.1, -0.05) is 32.2 Å². The van der Waals surface area contributed by atoms with Crippen LogP contribution in [0.1, 0.15) is 19.5 Å². The number of imidazole rings is 1. The molecule has 2 rings (SSSR count). The molecule has 1 unspecified atom stereocenters. The molecule has 110 valence electrons. The van der Waals surface area contributed by atoms with Gasteiger partial charge in [-0.05, 0) is 35.7 Å². The SMILES string of the molecule is C=CC(=C)n1cc(CC(C)/C=C\C)nc1-c1nonc1N. The number of nitrogens with two attached hydrogens (primary N) is 1. The zero-order valence-corrected chi connectivity index (χ0v) is 12.3. The summed E-state index contributed by atoms with van der Waals surface area (Å²) in [7, 11) is 0. The van der Waals surface area contributed by atoms with Crippen molar-refractivity contribution in [2.45, 2.75) is 20.3 Å². The minimum Gasteiger partial charge on any atom is -0.379 e. The van der Waals surface area contributed by atoms with Gasteiger partial charge in [0, 0.05) is 11.9 Å². The third-order valence-electron chi connectivity index (χ3n) is 3.08. The molecule has 6 nitrogen and oxygen atoms in total. The molecule has 21 heavy (non-hydrogen) atoms. The van der Waals surface area contributed by atoms with Crippen LogP contribution in [0.25, 0.3) is 17.2 Å². The van der Waals surface area contributed by atoms with Crippen LogP contribution >= 0.6 is 0 Å². The largest absolute Gasteiger partial charge is 0.379 e. The fraction of sp³-hybridized carbons (Fsp3) is 0.267. The zero-order valence-electron chi connectivity index (χ0n) is 12.3. The second kappa shape index (κ2) is 6.21. The Balaban J connectivity index is 2.43. The lowest BCUT2D eigenvalue weighted by molar-refractivity contribution is 0.310. The van der Waals surface area contributed by atoms with Gasteiger partial charge in [-0.15, -0.1) is 0 Å². The number of allylic oxidation sites excluding steroid dienone is 4. The van der Waals surface area contributed by atoms with Gasteiger partial charge in [-0.2, -0.15) is 0 Å². The highest BCUT2D eigenvalue weighted by atomic mass is 16.6. The fourth-order valence-electron chi connectivity index (χ4n) is 2.09. The first-order valence-electron chi connectivity index (χ1n) is 6.68.